The van der Waals surface area contributed by atoms with Crippen molar-refractivity contribution in [2.75, 3.05) is 19.6 Å². The Hall–Kier alpha value is -1.26. The van der Waals surface area contributed by atoms with Crippen LogP contribution in [0.1, 0.15) is 25.3 Å². The predicted octanol–water partition coefficient (Wildman–Crippen LogP) is 3.05. The summed E-state index contributed by atoms with van der Waals surface area (Å²) in [6, 6.07) is 7.68. The van der Waals surface area contributed by atoms with Crippen molar-refractivity contribution in [1.82, 2.24) is 10.2 Å². The van der Waals surface area contributed by atoms with Crippen molar-refractivity contribution < 1.29 is 9.53 Å². The molecule has 2 rings (SSSR count). The van der Waals surface area contributed by atoms with Crippen LogP contribution in [0.3, 0.4) is 0 Å². The number of amides is 2. The fourth-order valence-corrected chi connectivity index (χ4v) is 2.58. The lowest BCUT2D eigenvalue weighted by atomic mass is 10.1. The molecule has 0 radical (unpaired) electrons. The molecule has 1 aromatic carbocycles. The number of likely N-dealkylation sites (tertiary alicyclic amines) is 1. The van der Waals surface area contributed by atoms with Crippen LogP contribution in [-0.2, 0) is 11.3 Å². The van der Waals surface area contributed by atoms with E-state index in [0.29, 0.717) is 19.7 Å². The molecular formula is C15H21ClN2O2. The van der Waals surface area contributed by atoms with Crippen molar-refractivity contribution in [1.29, 1.82) is 0 Å². The minimum absolute atomic E-state index is 0.00329. The van der Waals surface area contributed by atoms with Gasteiger partial charge >= 0.3 is 6.03 Å². The van der Waals surface area contributed by atoms with Crippen molar-refractivity contribution in [2.24, 2.45) is 0 Å². The minimum atomic E-state index is 0.00329. The highest BCUT2D eigenvalue weighted by molar-refractivity contribution is 6.30. The maximum atomic E-state index is 11.8. The summed E-state index contributed by atoms with van der Waals surface area (Å²) in [6.07, 6.45) is 2.08. The lowest BCUT2D eigenvalue weighted by Gasteiger charge is -2.32. The van der Waals surface area contributed by atoms with Gasteiger partial charge in [0.2, 0.25) is 0 Å². The zero-order valence-electron chi connectivity index (χ0n) is 11.8. The van der Waals surface area contributed by atoms with Crippen LogP contribution in [0.4, 0.5) is 4.79 Å². The molecule has 1 aromatic rings. The second-order valence-corrected chi connectivity index (χ2v) is 5.42. The Morgan fingerprint density at radius 1 is 1.55 bits per heavy atom. The standard InChI is InChI=1S/C15H21ClN2O2/c1-2-17-15(19)18-8-4-7-14(10-18)20-11-12-5-3-6-13(16)9-12/h3,5-6,9,14H,2,4,7-8,10-11H2,1H3,(H,17,19). The van der Waals surface area contributed by atoms with Crippen molar-refractivity contribution in [3.05, 3.63) is 34.9 Å². The van der Waals surface area contributed by atoms with Gasteiger partial charge in [-0.25, -0.2) is 4.79 Å². The molecule has 110 valence electrons. The van der Waals surface area contributed by atoms with Gasteiger partial charge in [-0.2, -0.15) is 0 Å². The summed E-state index contributed by atoms with van der Waals surface area (Å²) in [5, 5.41) is 3.55. The summed E-state index contributed by atoms with van der Waals surface area (Å²) >= 11 is 5.95. The van der Waals surface area contributed by atoms with Crippen molar-refractivity contribution in [3.63, 3.8) is 0 Å². The third-order valence-electron chi connectivity index (χ3n) is 3.37. The van der Waals surface area contributed by atoms with Gasteiger partial charge in [0, 0.05) is 24.7 Å². The van der Waals surface area contributed by atoms with E-state index in [9.17, 15) is 4.79 Å². The highest BCUT2D eigenvalue weighted by Gasteiger charge is 2.23. The first-order valence-corrected chi connectivity index (χ1v) is 7.45. The third kappa shape index (κ3) is 4.39. The first-order chi connectivity index (χ1) is 9.69. The number of benzene rings is 1. The van der Waals surface area contributed by atoms with Crippen LogP contribution in [0.5, 0.6) is 0 Å². The molecular weight excluding hydrogens is 276 g/mol. The number of carbonyl (C=O) groups is 1. The summed E-state index contributed by atoms with van der Waals surface area (Å²) in [5.41, 5.74) is 1.06. The number of ether oxygens (including phenoxy) is 1. The van der Waals surface area contributed by atoms with Gasteiger partial charge in [-0.05, 0) is 37.5 Å². The van der Waals surface area contributed by atoms with E-state index < -0.39 is 0 Å². The van der Waals surface area contributed by atoms with Gasteiger partial charge in [0.1, 0.15) is 0 Å². The van der Waals surface area contributed by atoms with Crippen LogP contribution in [0.25, 0.3) is 0 Å². The second-order valence-electron chi connectivity index (χ2n) is 4.99. The molecule has 1 heterocycles. The van der Waals surface area contributed by atoms with Crippen LogP contribution in [-0.4, -0.2) is 36.7 Å². The highest BCUT2D eigenvalue weighted by atomic mass is 35.5. The molecule has 0 aliphatic carbocycles. The Morgan fingerprint density at radius 2 is 2.40 bits per heavy atom. The lowest BCUT2D eigenvalue weighted by molar-refractivity contribution is -0.000273. The summed E-state index contributed by atoms with van der Waals surface area (Å²) in [4.78, 5) is 13.6. The number of rotatable bonds is 4. The quantitative estimate of drug-likeness (QED) is 0.928. The molecule has 2 amide bonds. The molecule has 0 aromatic heterocycles. The fraction of sp³-hybridized carbons (Fsp3) is 0.533. The van der Waals surface area contributed by atoms with Gasteiger partial charge in [0.05, 0.1) is 12.7 Å². The van der Waals surface area contributed by atoms with E-state index >= 15 is 0 Å². The maximum absolute atomic E-state index is 11.8. The van der Waals surface area contributed by atoms with Crippen LogP contribution in [0, 0.1) is 0 Å². The molecule has 0 bridgehead atoms. The fourth-order valence-electron chi connectivity index (χ4n) is 2.36. The molecule has 0 saturated carbocycles. The number of carbonyl (C=O) groups excluding carboxylic acids is 1. The number of hydrogen-bond acceptors (Lipinski definition) is 2. The highest BCUT2D eigenvalue weighted by Crippen LogP contribution is 2.17. The molecule has 20 heavy (non-hydrogen) atoms. The van der Waals surface area contributed by atoms with E-state index in [4.69, 9.17) is 16.3 Å². The van der Waals surface area contributed by atoms with E-state index in [1.54, 1.807) is 0 Å². The van der Waals surface area contributed by atoms with E-state index in [2.05, 4.69) is 5.32 Å². The third-order valence-corrected chi connectivity index (χ3v) is 3.60. The van der Waals surface area contributed by atoms with Crippen molar-refractivity contribution in [3.8, 4) is 0 Å². The van der Waals surface area contributed by atoms with Gasteiger partial charge in [0.15, 0.2) is 0 Å². The first kappa shape index (κ1) is 15.1. The average molecular weight is 297 g/mol. The van der Waals surface area contributed by atoms with E-state index in [1.165, 1.54) is 0 Å². The van der Waals surface area contributed by atoms with Crippen molar-refractivity contribution in [2.45, 2.75) is 32.5 Å². The largest absolute Gasteiger partial charge is 0.372 e. The maximum Gasteiger partial charge on any atom is 0.317 e. The van der Waals surface area contributed by atoms with Gasteiger partial charge in [-0.15, -0.1) is 0 Å². The Balaban J connectivity index is 1.82. The van der Waals surface area contributed by atoms with Crippen LogP contribution < -0.4 is 5.32 Å². The Morgan fingerprint density at radius 3 is 3.15 bits per heavy atom. The molecule has 4 nitrogen and oxygen atoms in total. The molecule has 5 heteroatoms. The lowest BCUT2D eigenvalue weighted by Crippen LogP contribution is -2.47. The molecule has 1 saturated heterocycles. The van der Waals surface area contributed by atoms with Gasteiger partial charge < -0.3 is 15.0 Å². The summed E-state index contributed by atoms with van der Waals surface area (Å²) in [7, 11) is 0. The number of piperidine rings is 1. The summed E-state index contributed by atoms with van der Waals surface area (Å²) in [5.74, 6) is 0. The van der Waals surface area contributed by atoms with Crippen LogP contribution in [0.2, 0.25) is 5.02 Å². The van der Waals surface area contributed by atoms with E-state index in [-0.39, 0.29) is 12.1 Å². The number of nitrogens with zero attached hydrogens (tertiary/aromatic N) is 1. The van der Waals surface area contributed by atoms with Crippen LogP contribution >= 0.6 is 11.6 Å². The zero-order chi connectivity index (χ0) is 14.4. The van der Waals surface area contributed by atoms with Crippen LogP contribution in [0.15, 0.2) is 24.3 Å². The number of hydrogen-bond donors (Lipinski definition) is 1. The molecule has 1 N–H and O–H groups in total. The first-order valence-electron chi connectivity index (χ1n) is 7.08. The average Bonchev–Trinajstić information content (AvgIpc) is 2.46. The Kier molecular flexibility index (Phi) is 5.68. The topological polar surface area (TPSA) is 41.6 Å². The molecule has 1 unspecified atom stereocenters. The molecule has 0 spiro atoms. The van der Waals surface area contributed by atoms with Gasteiger partial charge in [-0.3, -0.25) is 0 Å². The number of halogens is 1. The van der Waals surface area contributed by atoms with E-state index in [0.717, 1.165) is 30.0 Å². The minimum Gasteiger partial charge on any atom is -0.372 e. The zero-order valence-corrected chi connectivity index (χ0v) is 12.5. The molecule has 1 aliphatic heterocycles. The molecule has 1 aliphatic rings. The smallest absolute Gasteiger partial charge is 0.317 e. The Bertz CT molecular complexity index is 453. The van der Waals surface area contributed by atoms with E-state index in [1.807, 2.05) is 36.1 Å². The Labute approximate surface area is 125 Å². The number of urea groups is 1. The normalized spacial score (nSPS) is 18.9. The second kappa shape index (κ2) is 7.50. The monoisotopic (exact) mass is 296 g/mol. The SMILES string of the molecule is CCNC(=O)N1CCCC(OCc2cccc(Cl)c2)C1. The summed E-state index contributed by atoms with van der Waals surface area (Å²) < 4.78 is 5.90. The predicted molar refractivity (Wildman–Crippen MR) is 79.9 cm³/mol. The van der Waals surface area contributed by atoms with Gasteiger partial charge in [-0.1, -0.05) is 23.7 Å². The number of nitrogens with one attached hydrogen (secondary N) is 1. The van der Waals surface area contributed by atoms with Crippen molar-refractivity contribution >= 4 is 17.6 Å². The molecule has 1 fully saturated rings. The summed E-state index contributed by atoms with van der Waals surface area (Å²) in [6.45, 7) is 4.59. The van der Waals surface area contributed by atoms with Gasteiger partial charge in [0.25, 0.3) is 0 Å². The molecule has 1 atom stereocenters.